The van der Waals surface area contributed by atoms with Gasteiger partial charge in [-0.1, -0.05) is 6.92 Å². The van der Waals surface area contributed by atoms with Crippen LogP contribution in [0.5, 0.6) is 0 Å². The third-order valence-electron chi connectivity index (χ3n) is 2.69. The molecule has 0 aromatic rings. The van der Waals surface area contributed by atoms with E-state index in [1.807, 2.05) is 19.9 Å². The Bertz CT molecular complexity index is 499. The van der Waals surface area contributed by atoms with Gasteiger partial charge in [-0.3, -0.25) is 0 Å². The van der Waals surface area contributed by atoms with Gasteiger partial charge in [0.1, 0.15) is 5.54 Å². The first-order valence-electron chi connectivity index (χ1n) is 5.50. The standard InChI is InChI=1S/C12H15N3O3/c1-5-9(10(13-7-16)11(17)18-4)12(3)6-8(2)14-15-12/h6H,5H2,1-4H3. The van der Waals surface area contributed by atoms with E-state index in [-0.39, 0.29) is 5.70 Å². The number of aliphatic imine (C=N–C) groups is 1. The van der Waals surface area contributed by atoms with Gasteiger partial charge >= 0.3 is 5.97 Å². The van der Waals surface area contributed by atoms with Crippen LogP contribution in [0.3, 0.4) is 0 Å². The highest BCUT2D eigenvalue weighted by Crippen LogP contribution is 2.35. The fourth-order valence-corrected chi connectivity index (χ4v) is 1.94. The van der Waals surface area contributed by atoms with Gasteiger partial charge in [-0.15, -0.1) is 0 Å². The topological polar surface area (TPSA) is 80.5 Å². The monoisotopic (exact) mass is 249 g/mol. The van der Waals surface area contributed by atoms with Crippen molar-refractivity contribution in [2.24, 2.45) is 15.2 Å². The van der Waals surface area contributed by atoms with Gasteiger partial charge in [0, 0.05) is 0 Å². The zero-order chi connectivity index (χ0) is 13.8. The van der Waals surface area contributed by atoms with Crippen molar-refractivity contribution in [2.45, 2.75) is 32.7 Å². The second-order valence-electron chi connectivity index (χ2n) is 4.01. The molecule has 0 aromatic heterocycles. The zero-order valence-corrected chi connectivity index (χ0v) is 10.9. The number of hydrogen-bond donors (Lipinski definition) is 0. The molecule has 0 radical (unpaired) electrons. The van der Waals surface area contributed by atoms with Gasteiger partial charge < -0.3 is 4.74 Å². The van der Waals surface area contributed by atoms with Crippen LogP contribution in [0, 0.1) is 0 Å². The summed E-state index contributed by atoms with van der Waals surface area (Å²) in [7, 11) is 1.23. The molecule has 0 N–H and O–H groups in total. The molecule has 0 saturated carbocycles. The molecule has 0 aromatic carbocycles. The molecule has 1 aliphatic rings. The Balaban J connectivity index is 3.41. The van der Waals surface area contributed by atoms with Crippen molar-refractivity contribution in [3.63, 3.8) is 0 Å². The fraction of sp³-hybridized carbons (Fsp3) is 0.500. The summed E-state index contributed by atoms with van der Waals surface area (Å²) in [5.41, 5.74) is 0.520. The Morgan fingerprint density at radius 2 is 2.28 bits per heavy atom. The van der Waals surface area contributed by atoms with Gasteiger partial charge in [-0.05, 0) is 31.9 Å². The molecule has 1 atom stereocenters. The Kier molecular flexibility index (Phi) is 4.28. The van der Waals surface area contributed by atoms with Gasteiger partial charge in [0.25, 0.3) is 0 Å². The lowest BCUT2D eigenvalue weighted by Crippen LogP contribution is -2.23. The number of carbonyl (C=O) groups is 1. The molecule has 0 spiro atoms. The Morgan fingerprint density at radius 3 is 2.67 bits per heavy atom. The summed E-state index contributed by atoms with van der Waals surface area (Å²) in [6.07, 6.45) is 3.68. The van der Waals surface area contributed by atoms with E-state index < -0.39 is 11.5 Å². The summed E-state index contributed by atoms with van der Waals surface area (Å²) in [6.45, 7) is 5.46. The molecule has 1 rings (SSSR count). The summed E-state index contributed by atoms with van der Waals surface area (Å²) >= 11 is 0. The first kappa shape index (κ1) is 14.0. The molecule has 0 amide bonds. The first-order valence-corrected chi connectivity index (χ1v) is 5.50. The number of ether oxygens (including phenoxy) is 1. The maximum atomic E-state index is 11.6. The normalized spacial score (nSPS) is 23.0. The second-order valence-corrected chi connectivity index (χ2v) is 4.01. The molecule has 1 heterocycles. The molecule has 6 nitrogen and oxygen atoms in total. The minimum atomic E-state index is -0.761. The van der Waals surface area contributed by atoms with Crippen molar-refractivity contribution in [1.29, 1.82) is 0 Å². The van der Waals surface area contributed by atoms with Crippen LogP contribution in [0.4, 0.5) is 0 Å². The van der Waals surface area contributed by atoms with Crippen molar-refractivity contribution in [3.05, 3.63) is 23.0 Å². The van der Waals surface area contributed by atoms with Crippen LogP contribution in [0.25, 0.3) is 0 Å². The van der Waals surface area contributed by atoms with E-state index in [0.29, 0.717) is 12.0 Å². The molecule has 96 valence electrons. The average Bonchev–Trinajstić information content (AvgIpc) is 2.69. The predicted molar refractivity (Wildman–Crippen MR) is 64.5 cm³/mol. The summed E-state index contributed by atoms with van der Waals surface area (Å²) in [4.78, 5) is 25.5. The summed E-state index contributed by atoms with van der Waals surface area (Å²) in [6, 6.07) is 0. The number of rotatable bonds is 4. The minimum Gasteiger partial charge on any atom is -0.464 e. The van der Waals surface area contributed by atoms with E-state index in [2.05, 4.69) is 20.0 Å². The molecule has 1 aliphatic heterocycles. The van der Waals surface area contributed by atoms with Crippen LogP contribution in [0.1, 0.15) is 27.2 Å². The number of isocyanates is 1. The van der Waals surface area contributed by atoms with E-state index in [1.165, 1.54) is 13.2 Å². The highest BCUT2D eigenvalue weighted by Gasteiger charge is 2.34. The molecule has 1 unspecified atom stereocenters. The average molecular weight is 249 g/mol. The molecular weight excluding hydrogens is 234 g/mol. The summed E-state index contributed by atoms with van der Waals surface area (Å²) in [5, 5.41) is 8.06. The molecule has 6 heteroatoms. The van der Waals surface area contributed by atoms with Crippen LogP contribution in [-0.4, -0.2) is 24.7 Å². The lowest BCUT2D eigenvalue weighted by Gasteiger charge is -2.21. The van der Waals surface area contributed by atoms with Gasteiger partial charge in [0.15, 0.2) is 5.70 Å². The van der Waals surface area contributed by atoms with Crippen LogP contribution in [0.2, 0.25) is 0 Å². The maximum absolute atomic E-state index is 11.6. The van der Waals surface area contributed by atoms with E-state index in [4.69, 9.17) is 0 Å². The predicted octanol–water partition coefficient (Wildman–Crippen LogP) is 2.29. The number of azo groups is 1. The third kappa shape index (κ3) is 2.60. The smallest absolute Gasteiger partial charge is 0.357 e. The zero-order valence-electron chi connectivity index (χ0n) is 10.9. The SMILES string of the molecule is CCC(=C(N=C=O)C(=O)OC)C1(C)C=C(C)N=N1. The molecule has 0 saturated heterocycles. The summed E-state index contributed by atoms with van der Waals surface area (Å²) < 4.78 is 4.62. The molecular formula is C12H15N3O3. The third-order valence-corrected chi connectivity index (χ3v) is 2.69. The minimum absolute atomic E-state index is 0.0533. The van der Waals surface area contributed by atoms with Crippen molar-refractivity contribution in [1.82, 2.24) is 0 Å². The van der Waals surface area contributed by atoms with E-state index in [0.717, 1.165) is 5.70 Å². The van der Waals surface area contributed by atoms with E-state index >= 15 is 0 Å². The fourth-order valence-electron chi connectivity index (χ4n) is 1.94. The van der Waals surface area contributed by atoms with Gasteiger partial charge in [-0.25, -0.2) is 9.59 Å². The van der Waals surface area contributed by atoms with E-state index in [1.54, 1.807) is 6.92 Å². The molecule has 0 fully saturated rings. The number of allylic oxidation sites excluding steroid dienone is 1. The largest absolute Gasteiger partial charge is 0.464 e. The van der Waals surface area contributed by atoms with Crippen LogP contribution in [0.15, 0.2) is 38.3 Å². The lowest BCUT2D eigenvalue weighted by atomic mass is 9.88. The first-order chi connectivity index (χ1) is 8.48. The number of esters is 1. The van der Waals surface area contributed by atoms with Crippen molar-refractivity contribution >= 4 is 12.0 Å². The van der Waals surface area contributed by atoms with E-state index in [9.17, 15) is 9.59 Å². The van der Waals surface area contributed by atoms with Gasteiger partial charge in [0.2, 0.25) is 6.08 Å². The van der Waals surface area contributed by atoms with Crippen LogP contribution >= 0.6 is 0 Å². The highest BCUT2D eigenvalue weighted by molar-refractivity contribution is 5.90. The van der Waals surface area contributed by atoms with Crippen molar-refractivity contribution in [2.75, 3.05) is 7.11 Å². The molecule has 0 aliphatic carbocycles. The number of hydrogen-bond acceptors (Lipinski definition) is 6. The second kappa shape index (κ2) is 5.51. The van der Waals surface area contributed by atoms with Crippen LogP contribution in [-0.2, 0) is 14.3 Å². The van der Waals surface area contributed by atoms with Crippen molar-refractivity contribution < 1.29 is 14.3 Å². The van der Waals surface area contributed by atoms with Crippen LogP contribution < -0.4 is 0 Å². The molecule has 18 heavy (non-hydrogen) atoms. The van der Waals surface area contributed by atoms with Crippen molar-refractivity contribution in [3.8, 4) is 0 Å². The Hall–Kier alpha value is -2.07. The Morgan fingerprint density at radius 1 is 1.61 bits per heavy atom. The highest BCUT2D eigenvalue weighted by atomic mass is 16.5. The number of nitrogens with zero attached hydrogens (tertiary/aromatic N) is 3. The lowest BCUT2D eigenvalue weighted by molar-refractivity contribution is -0.136. The maximum Gasteiger partial charge on any atom is 0.357 e. The Labute approximate surface area is 105 Å². The number of methoxy groups -OCH3 is 1. The summed E-state index contributed by atoms with van der Waals surface area (Å²) in [5.74, 6) is -0.676. The molecule has 0 bridgehead atoms. The van der Waals surface area contributed by atoms with Gasteiger partial charge in [0.05, 0.1) is 12.8 Å². The quantitative estimate of drug-likeness (QED) is 0.332. The van der Waals surface area contributed by atoms with Gasteiger partial charge in [-0.2, -0.15) is 15.2 Å². The number of carbonyl (C=O) groups excluding carboxylic acids is 2.